The van der Waals surface area contributed by atoms with Crippen molar-refractivity contribution in [1.82, 2.24) is 25.5 Å². The number of benzene rings is 1. The number of hydrogen-bond donors (Lipinski definition) is 3. The molecule has 0 aliphatic heterocycles. The number of aromatic nitrogens is 4. The quantitative estimate of drug-likeness (QED) is 0.595. The Kier molecular flexibility index (Phi) is 4.94. The summed E-state index contributed by atoms with van der Waals surface area (Å²) < 4.78 is 24.7. The summed E-state index contributed by atoms with van der Waals surface area (Å²) >= 11 is 0. The second-order valence-electron chi connectivity index (χ2n) is 5.48. The number of rotatable bonds is 6. The molecule has 0 bridgehead atoms. The number of nitrogens with zero attached hydrogens (tertiary/aromatic N) is 3. The van der Waals surface area contributed by atoms with Gasteiger partial charge in [0.2, 0.25) is 10.0 Å². The van der Waals surface area contributed by atoms with Crippen LogP contribution in [0.2, 0.25) is 0 Å². The zero-order valence-corrected chi connectivity index (χ0v) is 14.6. The minimum absolute atomic E-state index is 0.181. The van der Waals surface area contributed by atoms with Crippen LogP contribution in [0.4, 0.5) is 5.69 Å². The molecule has 0 spiro atoms. The number of H-pyrrole nitrogens is 1. The van der Waals surface area contributed by atoms with Crippen molar-refractivity contribution in [2.24, 2.45) is 0 Å². The van der Waals surface area contributed by atoms with Gasteiger partial charge in [-0.15, -0.1) is 0 Å². The van der Waals surface area contributed by atoms with Crippen LogP contribution < -0.4 is 10.0 Å². The van der Waals surface area contributed by atoms with Crippen molar-refractivity contribution in [3.05, 3.63) is 60.2 Å². The van der Waals surface area contributed by atoms with Crippen molar-refractivity contribution < 1.29 is 13.2 Å². The molecule has 3 aromatic rings. The molecule has 0 saturated carbocycles. The molecular formula is C16H16N6O3S. The minimum Gasteiger partial charge on any atom is -0.345 e. The number of anilines is 1. The summed E-state index contributed by atoms with van der Waals surface area (Å²) in [5, 5.41) is 9.60. The van der Waals surface area contributed by atoms with Crippen LogP contribution in [0.25, 0.3) is 11.4 Å². The first-order valence-corrected chi connectivity index (χ1v) is 9.47. The second-order valence-corrected chi connectivity index (χ2v) is 7.22. The monoisotopic (exact) mass is 372 g/mol. The lowest BCUT2D eigenvalue weighted by Crippen LogP contribution is -2.23. The van der Waals surface area contributed by atoms with E-state index in [0.29, 0.717) is 22.9 Å². The lowest BCUT2D eigenvalue weighted by molar-refractivity contribution is 0.0950. The van der Waals surface area contributed by atoms with Crippen molar-refractivity contribution in [3.63, 3.8) is 0 Å². The summed E-state index contributed by atoms with van der Waals surface area (Å²) in [6.45, 7) is 0.181. The smallest absolute Gasteiger partial charge is 0.251 e. The summed E-state index contributed by atoms with van der Waals surface area (Å²) in [6, 6.07) is 9.68. The molecule has 10 heteroatoms. The third-order valence-corrected chi connectivity index (χ3v) is 3.94. The van der Waals surface area contributed by atoms with E-state index in [-0.39, 0.29) is 12.5 Å². The molecule has 3 N–H and O–H groups in total. The van der Waals surface area contributed by atoms with Crippen molar-refractivity contribution in [3.8, 4) is 11.4 Å². The number of carbonyl (C=O) groups excluding carboxylic acids is 1. The van der Waals surface area contributed by atoms with Gasteiger partial charge in [0.1, 0.15) is 5.82 Å². The Morgan fingerprint density at radius 3 is 2.46 bits per heavy atom. The lowest BCUT2D eigenvalue weighted by Gasteiger charge is -2.06. The molecule has 9 nitrogen and oxygen atoms in total. The highest BCUT2D eigenvalue weighted by molar-refractivity contribution is 7.92. The average Bonchev–Trinajstić information content (AvgIpc) is 3.09. The van der Waals surface area contributed by atoms with Gasteiger partial charge < -0.3 is 5.32 Å². The van der Waals surface area contributed by atoms with Gasteiger partial charge in [-0.05, 0) is 36.4 Å². The van der Waals surface area contributed by atoms with Crippen molar-refractivity contribution >= 4 is 21.6 Å². The molecule has 0 aliphatic carbocycles. The Morgan fingerprint density at radius 2 is 1.81 bits per heavy atom. The number of hydrogen-bond acceptors (Lipinski definition) is 6. The Bertz CT molecular complexity index is 1000. The minimum atomic E-state index is -3.35. The summed E-state index contributed by atoms with van der Waals surface area (Å²) in [5.41, 5.74) is 1.61. The molecule has 0 unspecified atom stereocenters. The molecule has 0 atom stereocenters. The third kappa shape index (κ3) is 4.63. The van der Waals surface area contributed by atoms with E-state index >= 15 is 0 Å². The fourth-order valence-corrected chi connectivity index (χ4v) is 2.74. The Labute approximate surface area is 149 Å². The van der Waals surface area contributed by atoms with Crippen LogP contribution in [0.15, 0.2) is 48.8 Å². The van der Waals surface area contributed by atoms with Crippen LogP contribution in [-0.4, -0.2) is 40.7 Å². The van der Waals surface area contributed by atoms with Crippen molar-refractivity contribution in [2.75, 3.05) is 11.0 Å². The Morgan fingerprint density at radius 1 is 1.12 bits per heavy atom. The maximum atomic E-state index is 12.2. The van der Waals surface area contributed by atoms with Gasteiger partial charge in [-0.2, -0.15) is 5.10 Å². The van der Waals surface area contributed by atoms with Crippen LogP contribution in [0.1, 0.15) is 16.2 Å². The first-order valence-electron chi connectivity index (χ1n) is 7.58. The summed E-state index contributed by atoms with van der Waals surface area (Å²) in [7, 11) is -3.35. The largest absolute Gasteiger partial charge is 0.345 e. The number of amides is 1. The standard InChI is InChI=1S/C16H16N6O3S/c1-26(24,25)22-13-4-2-12(3-5-13)16(23)18-10-14-19-15(21-20-14)11-6-8-17-9-7-11/h2-9,22H,10H2,1H3,(H,18,23)(H,19,20,21). The molecular weight excluding hydrogens is 356 g/mol. The van der Waals surface area contributed by atoms with Crippen LogP contribution in [-0.2, 0) is 16.6 Å². The van der Waals surface area contributed by atoms with Crippen LogP contribution in [0.5, 0.6) is 0 Å². The van der Waals surface area contributed by atoms with Gasteiger partial charge >= 0.3 is 0 Å². The molecule has 2 heterocycles. The first-order chi connectivity index (χ1) is 12.4. The SMILES string of the molecule is CS(=O)(=O)Nc1ccc(C(=O)NCc2nc(-c3ccncc3)n[nH]2)cc1. The molecule has 1 aromatic carbocycles. The van der Waals surface area contributed by atoms with E-state index in [0.717, 1.165) is 11.8 Å². The maximum Gasteiger partial charge on any atom is 0.251 e. The lowest BCUT2D eigenvalue weighted by atomic mass is 10.2. The van der Waals surface area contributed by atoms with E-state index in [1.54, 1.807) is 24.5 Å². The highest BCUT2D eigenvalue weighted by Crippen LogP contribution is 2.13. The highest BCUT2D eigenvalue weighted by Gasteiger charge is 2.09. The molecule has 0 fully saturated rings. The summed E-state index contributed by atoms with van der Waals surface area (Å²) in [6.07, 6.45) is 4.36. The van der Waals surface area contributed by atoms with Gasteiger partial charge in [-0.1, -0.05) is 0 Å². The normalized spacial score (nSPS) is 11.1. The number of sulfonamides is 1. The molecule has 134 valence electrons. The van der Waals surface area contributed by atoms with E-state index in [9.17, 15) is 13.2 Å². The topological polar surface area (TPSA) is 130 Å². The molecule has 0 saturated heterocycles. The fraction of sp³-hybridized carbons (Fsp3) is 0.125. The Hall–Kier alpha value is -3.27. The first kappa shape index (κ1) is 17.5. The summed E-state index contributed by atoms with van der Waals surface area (Å²) in [5.74, 6) is 0.728. The van der Waals surface area contributed by atoms with Crippen molar-refractivity contribution in [2.45, 2.75) is 6.54 Å². The predicted molar refractivity (Wildman–Crippen MR) is 95.7 cm³/mol. The fourth-order valence-electron chi connectivity index (χ4n) is 2.17. The van der Waals surface area contributed by atoms with Crippen LogP contribution in [0.3, 0.4) is 0 Å². The number of pyridine rings is 1. The molecule has 2 aromatic heterocycles. The number of nitrogens with one attached hydrogen (secondary N) is 3. The highest BCUT2D eigenvalue weighted by atomic mass is 32.2. The zero-order valence-electron chi connectivity index (χ0n) is 13.8. The molecule has 1 amide bonds. The van der Waals surface area contributed by atoms with Gasteiger partial charge in [-0.25, -0.2) is 13.4 Å². The van der Waals surface area contributed by atoms with Gasteiger partial charge in [0.15, 0.2) is 5.82 Å². The van der Waals surface area contributed by atoms with Crippen molar-refractivity contribution in [1.29, 1.82) is 0 Å². The van der Waals surface area contributed by atoms with E-state index < -0.39 is 10.0 Å². The number of aromatic amines is 1. The van der Waals surface area contributed by atoms with Crippen LogP contribution >= 0.6 is 0 Å². The van der Waals surface area contributed by atoms with Gasteiger partial charge in [0.05, 0.1) is 12.8 Å². The second kappa shape index (κ2) is 7.31. The molecule has 3 rings (SSSR count). The molecule has 0 radical (unpaired) electrons. The average molecular weight is 372 g/mol. The maximum absolute atomic E-state index is 12.2. The van der Waals surface area contributed by atoms with E-state index in [4.69, 9.17) is 0 Å². The Balaban J connectivity index is 1.60. The zero-order chi connectivity index (χ0) is 18.6. The van der Waals surface area contributed by atoms with Gasteiger partial charge in [0.25, 0.3) is 5.91 Å². The third-order valence-electron chi connectivity index (χ3n) is 3.34. The number of carbonyl (C=O) groups is 1. The predicted octanol–water partition coefficient (Wildman–Crippen LogP) is 1.17. The van der Waals surface area contributed by atoms with Gasteiger partial charge in [-0.3, -0.25) is 19.6 Å². The van der Waals surface area contributed by atoms with Crippen LogP contribution in [0, 0.1) is 0 Å². The molecule has 0 aliphatic rings. The molecule has 26 heavy (non-hydrogen) atoms. The van der Waals surface area contributed by atoms with E-state index in [1.807, 2.05) is 0 Å². The van der Waals surface area contributed by atoms with E-state index in [2.05, 4.69) is 30.2 Å². The van der Waals surface area contributed by atoms with E-state index in [1.165, 1.54) is 24.3 Å². The summed E-state index contributed by atoms with van der Waals surface area (Å²) in [4.78, 5) is 20.4. The van der Waals surface area contributed by atoms with Gasteiger partial charge in [0, 0.05) is 29.2 Å².